The lowest BCUT2D eigenvalue weighted by Crippen LogP contribution is -2.18. The Kier molecular flexibility index (Phi) is 7.47. The Morgan fingerprint density at radius 3 is 2.43 bits per heavy atom. The Balaban J connectivity index is 0.00000280. The zero-order valence-electron chi connectivity index (χ0n) is 15.1. The fraction of sp³-hybridized carbons (Fsp3) is 0.100. The number of para-hydroxylation sites is 1. The smallest absolute Gasteiger partial charge is 0.339 e. The van der Waals surface area contributed by atoms with E-state index >= 15 is 0 Å². The summed E-state index contributed by atoms with van der Waals surface area (Å²) in [6.45, 7) is 0.499. The molecule has 144 valence electrons. The summed E-state index contributed by atoms with van der Waals surface area (Å²) in [5, 5.41) is 5.90. The van der Waals surface area contributed by atoms with Crippen molar-refractivity contribution in [2.24, 2.45) is 0 Å². The first-order valence-corrected chi connectivity index (χ1v) is 8.25. The fourth-order valence-electron chi connectivity index (χ4n) is 2.49. The van der Waals surface area contributed by atoms with Gasteiger partial charge < -0.3 is 15.4 Å². The lowest BCUT2D eigenvalue weighted by Gasteiger charge is -2.13. The summed E-state index contributed by atoms with van der Waals surface area (Å²) >= 11 is 0. The number of anilines is 2. The van der Waals surface area contributed by atoms with E-state index in [2.05, 4.69) is 20.6 Å². The van der Waals surface area contributed by atoms with E-state index in [1.54, 1.807) is 55.0 Å². The molecular weight excluding hydrogens is 380 g/mol. The first kappa shape index (κ1) is 20.9. The molecule has 0 aliphatic heterocycles. The van der Waals surface area contributed by atoms with Gasteiger partial charge in [-0.05, 0) is 42.0 Å². The predicted octanol–water partition coefficient (Wildman–Crippen LogP) is 3.55. The lowest BCUT2D eigenvalue weighted by atomic mass is 10.1. The van der Waals surface area contributed by atoms with E-state index in [1.165, 1.54) is 7.11 Å². The Morgan fingerprint density at radius 1 is 0.964 bits per heavy atom. The molecule has 8 heteroatoms. The molecule has 1 aromatic carbocycles. The summed E-state index contributed by atoms with van der Waals surface area (Å²) in [6, 6.07) is 13.8. The average molecular weight is 399 g/mol. The van der Waals surface area contributed by atoms with Crippen molar-refractivity contribution in [3.05, 3.63) is 83.8 Å². The number of benzene rings is 1. The largest absolute Gasteiger partial charge is 0.465 e. The maximum Gasteiger partial charge on any atom is 0.339 e. The zero-order chi connectivity index (χ0) is 19.1. The van der Waals surface area contributed by atoms with Gasteiger partial charge >= 0.3 is 5.97 Å². The highest BCUT2D eigenvalue weighted by Crippen LogP contribution is 2.19. The Bertz CT molecular complexity index is 951. The van der Waals surface area contributed by atoms with E-state index in [0.717, 1.165) is 5.56 Å². The van der Waals surface area contributed by atoms with Crippen LogP contribution in [0.15, 0.2) is 67.1 Å². The van der Waals surface area contributed by atoms with E-state index < -0.39 is 5.97 Å². The van der Waals surface area contributed by atoms with Gasteiger partial charge in [-0.15, -0.1) is 12.4 Å². The summed E-state index contributed by atoms with van der Waals surface area (Å²) < 4.78 is 4.76. The standard InChI is InChI=1S/C20H18N4O3.ClH/c1-27-20(26)15-5-2-3-7-17(15)24-19(25)16-6-4-10-22-18(16)23-13-14-8-11-21-12-9-14;/h2-12H,13H2,1H3,(H,22,23)(H,24,25);1H. The predicted molar refractivity (Wildman–Crippen MR) is 109 cm³/mol. The molecule has 2 aromatic heterocycles. The Morgan fingerprint density at radius 2 is 1.68 bits per heavy atom. The van der Waals surface area contributed by atoms with Gasteiger partial charge in [-0.1, -0.05) is 12.1 Å². The summed E-state index contributed by atoms with van der Waals surface area (Å²) in [5.41, 5.74) is 2.03. The number of carbonyl (C=O) groups is 2. The second kappa shape index (κ2) is 10.0. The number of pyridine rings is 2. The molecule has 0 saturated carbocycles. The minimum absolute atomic E-state index is 0. The number of nitrogens with zero attached hydrogens (tertiary/aromatic N) is 2. The molecule has 0 bridgehead atoms. The average Bonchev–Trinajstić information content (AvgIpc) is 2.73. The highest BCUT2D eigenvalue weighted by atomic mass is 35.5. The van der Waals surface area contributed by atoms with Crippen LogP contribution < -0.4 is 10.6 Å². The van der Waals surface area contributed by atoms with Gasteiger partial charge in [0.15, 0.2) is 0 Å². The van der Waals surface area contributed by atoms with E-state index in [-0.39, 0.29) is 23.9 Å². The van der Waals surface area contributed by atoms with Crippen molar-refractivity contribution in [2.45, 2.75) is 6.54 Å². The summed E-state index contributed by atoms with van der Waals surface area (Å²) in [6.07, 6.45) is 5.01. The SMILES string of the molecule is COC(=O)c1ccccc1NC(=O)c1cccnc1NCc1ccncc1.Cl. The van der Waals surface area contributed by atoms with Gasteiger partial charge in [-0.2, -0.15) is 0 Å². The van der Waals surface area contributed by atoms with Crippen LogP contribution in [0.25, 0.3) is 0 Å². The summed E-state index contributed by atoms with van der Waals surface area (Å²) in [7, 11) is 1.29. The first-order chi connectivity index (χ1) is 13.2. The van der Waals surface area contributed by atoms with Crippen LogP contribution in [0.4, 0.5) is 11.5 Å². The number of amides is 1. The number of hydrogen-bond donors (Lipinski definition) is 2. The normalized spacial score (nSPS) is 9.75. The van der Waals surface area contributed by atoms with Gasteiger partial charge in [0, 0.05) is 25.1 Å². The number of rotatable bonds is 6. The van der Waals surface area contributed by atoms with Crippen molar-refractivity contribution >= 4 is 35.8 Å². The van der Waals surface area contributed by atoms with Crippen molar-refractivity contribution in [1.82, 2.24) is 9.97 Å². The van der Waals surface area contributed by atoms with Crippen molar-refractivity contribution in [1.29, 1.82) is 0 Å². The van der Waals surface area contributed by atoms with Gasteiger partial charge in [0.25, 0.3) is 5.91 Å². The quantitative estimate of drug-likeness (QED) is 0.617. The minimum Gasteiger partial charge on any atom is -0.465 e. The monoisotopic (exact) mass is 398 g/mol. The molecule has 28 heavy (non-hydrogen) atoms. The number of esters is 1. The number of carbonyl (C=O) groups excluding carboxylic acids is 2. The van der Waals surface area contributed by atoms with Crippen LogP contribution in [0.2, 0.25) is 0 Å². The third-order valence-electron chi connectivity index (χ3n) is 3.84. The molecule has 0 atom stereocenters. The molecule has 0 aliphatic carbocycles. The second-order valence-corrected chi connectivity index (χ2v) is 5.60. The molecule has 0 unspecified atom stereocenters. The highest BCUT2D eigenvalue weighted by molar-refractivity contribution is 6.10. The summed E-state index contributed by atoms with van der Waals surface area (Å²) in [4.78, 5) is 32.9. The minimum atomic E-state index is -0.520. The van der Waals surface area contributed by atoms with Gasteiger partial charge in [0.2, 0.25) is 0 Å². The molecule has 0 saturated heterocycles. The van der Waals surface area contributed by atoms with E-state index in [4.69, 9.17) is 4.74 Å². The third kappa shape index (κ3) is 5.05. The fourth-order valence-corrected chi connectivity index (χ4v) is 2.49. The number of aromatic nitrogens is 2. The van der Waals surface area contributed by atoms with Crippen molar-refractivity contribution in [3.8, 4) is 0 Å². The van der Waals surface area contributed by atoms with Crippen LogP contribution in [-0.2, 0) is 11.3 Å². The van der Waals surface area contributed by atoms with Gasteiger partial charge in [-0.25, -0.2) is 9.78 Å². The number of ether oxygens (including phenoxy) is 1. The molecule has 2 heterocycles. The highest BCUT2D eigenvalue weighted by Gasteiger charge is 2.17. The molecule has 3 rings (SSSR count). The van der Waals surface area contributed by atoms with Crippen LogP contribution in [0.1, 0.15) is 26.3 Å². The molecule has 3 aromatic rings. The van der Waals surface area contributed by atoms with Crippen LogP contribution in [0.5, 0.6) is 0 Å². The Hall–Kier alpha value is -3.45. The van der Waals surface area contributed by atoms with E-state index in [9.17, 15) is 9.59 Å². The topological polar surface area (TPSA) is 93.2 Å². The lowest BCUT2D eigenvalue weighted by molar-refractivity contribution is 0.0602. The van der Waals surface area contributed by atoms with Gasteiger partial charge in [-0.3, -0.25) is 9.78 Å². The van der Waals surface area contributed by atoms with E-state index in [0.29, 0.717) is 23.6 Å². The number of halogens is 1. The van der Waals surface area contributed by atoms with Crippen LogP contribution in [0.3, 0.4) is 0 Å². The molecule has 1 amide bonds. The number of hydrogen-bond acceptors (Lipinski definition) is 6. The molecule has 0 fully saturated rings. The summed E-state index contributed by atoms with van der Waals surface area (Å²) in [5.74, 6) is -0.452. The van der Waals surface area contributed by atoms with Crippen molar-refractivity contribution in [2.75, 3.05) is 17.7 Å². The molecule has 0 spiro atoms. The van der Waals surface area contributed by atoms with E-state index in [1.807, 2.05) is 12.1 Å². The maximum atomic E-state index is 12.8. The van der Waals surface area contributed by atoms with Crippen LogP contribution in [-0.4, -0.2) is 29.0 Å². The number of nitrogens with one attached hydrogen (secondary N) is 2. The van der Waals surface area contributed by atoms with Gasteiger partial charge in [0.05, 0.1) is 23.9 Å². The second-order valence-electron chi connectivity index (χ2n) is 5.60. The number of methoxy groups -OCH3 is 1. The molecule has 2 N–H and O–H groups in total. The zero-order valence-corrected chi connectivity index (χ0v) is 15.9. The first-order valence-electron chi connectivity index (χ1n) is 8.25. The van der Waals surface area contributed by atoms with Gasteiger partial charge in [0.1, 0.15) is 5.82 Å². The molecular formula is C20H19ClN4O3. The van der Waals surface area contributed by atoms with Crippen molar-refractivity contribution in [3.63, 3.8) is 0 Å². The molecule has 0 radical (unpaired) electrons. The third-order valence-corrected chi connectivity index (χ3v) is 3.84. The molecule has 0 aliphatic rings. The van der Waals surface area contributed by atoms with Crippen molar-refractivity contribution < 1.29 is 14.3 Å². The maximum absolute atomic E-state index is 12.8. The molecule has 7 nitrogen and oxygen atoms in total. The Labute approximate surface area is 168 Å². The van der Waals surface area contributed by atoms with Crippen LogP contribution >= 0.6 is 12.4 Å². The van der Waals surface area contributed by atoms with Crippen LogP contribution in [0, 0.1) is 0 Å².